The van der Waals surface area contributed by atoms with Gasteiger partial charge in [-0.15, -0.1) is 0 Å². The maximum absolute atomic E-state index is 11.9. The molecule has 0 aliphatic carbocycles. The fourth-order valence-electron chi connectivity index (χ4n) is 2.34. The number of esters is 1. The minimum absolute atomic E-state index is 0.0339. The van der Waals surface area contributed by atoms with Crippen molar-refractivity contribution < 1.29 is 33.6 Å². The van der Waals surface area contributed by atoms with Gasteiger partial charge in [0.05, 0.1) is 19.8 Å². The van der Waals surface area contributed by atoms with Crippen molar-refractivity contribution in [3.8, 4) is 0 Å². The van der Waals surface area contributed by atoms with Gasteiger partial charge in [0.15, 0.2) is 0 Å². The zero-order valence-corrected chi connectivity index (χ0v) is 14.8. The van der Waals surface area contributed by atoms with Gasteiger partial charge in [-0.1, -0.05) is 26.7 Å². The van der Waals surface area contributed by atoms with E-state index in [1.807, 2.05) is 0 Å². The highest BCUT2D eigenvalue weighted by molar-refractivity contribution is 5.71. The monoisotopic (exact) mass is 346 g/mol. The number of unbranched alkanes of at least 4 members (excludes halogenated alkanes) is 2. The quantitative estimate of drug-likeness (QED) is 0.311. The molecule has 0 amide bonds. The molecule has 1 rings (SSSR count). The first kappa shape index (κ1) is 20.9. The largest absolute Gasteiger partial charge is 0.481 e. The minimum atomic E-state index is -1.05. The maximum Gasteiger partial charge on any atom is 0.308 e. The number of hydrogen-bond acceptors (Lipinski definition) is 6. The van der Waals surface area contributed by atoms with Crippen LogP contribution in [0.4, 0.5) is 0 Å². The molecule has 0 radical (unpaired) electrons. The van der Waals surface area contributed by atoms with E-state index in [9.17, 15) is 9.59 Å². The molecule has 140 valence electrons. The topological polar surface area (TPSA) is 91.3 Å². The first-order chi connectivity index (χ1) is 11.5. The Bertz CT molecular complexity index is 373. The number of carbonyl (C=O) groups excluding carboxylic acids is 1. The standard InChI is InChI=1S/C17H30O7/c1-3-5-11-22-17(23-12-6-4-2)10-13-21-16(17)24-15(20)9-7-8-14(18)19/h16H,3-13H2,1-2H3,(H,18,19). The molecule has 0 spiro atoms. The predicted octanol–water partition coefficient (Wildman–Crippen LogP) is 2.86. The number of aliphatic carboxylic acids is 1. The molecule has 0 bridgehead atoms. The smallest absolute Gasteiger partial charge is 0.308 e. The van der Waals surface area contributed by atoms with Gasteiger partial charge >= 0.3 is 11.9 Å². The SMILES string of the molecule is CCCCOC1(OCCCC)CCOC1OC(=O)CCCC(=O)O. The van der Waals surface area contributed by atoms with Gasteiger partial charge in [-0.3, -0.25) is 9.59 Å². The molecule has 7 heteroatoms. The van der Waals surface area contributed by atoms with Crippen LogP contribution in [0.15, 0.2) is 0 Å². The maximum atomic E-state index is 11.9. The Hall–Kier alpha value is -1.18. The molecule has 7 nitrogen and oxygen atoms in total. The van der Waals surface area contributed by atoms with E-state index in [0.29, 0.717) is 26.2 Å². The Morgan fingerprint density at radius 2 is 1.71 bits per heavy atom. The lowest BCUT2D eigenvalue weighted by molar-refractivity contribution is -0.310. The second-order valence-corrected chi connectivity index (χ2v) is 5.91. The summed E-state index contributed by atoms with van der Waals surface area (Å²) in [6, 6.07) is 0. The van der Waals surface area contributed by atoms with Crippen LogP contribution in [0.25, 0.3) is 0 Å². The molecule has 1 aliphatic heterocycles. The van der Waals surface area contributed by atoms with E-state index in [1.54, 1.807) is 0 Å². The Balaban J connectivity index is 2.58. The van der Waals surface area contributed by atoms with E-state index in [-0.39, 0.29) is 19.3 Å². The van der Waals surface area contributed by atoms with Crippen molar-refractivity contribution >= 4 is 11.9 Å². The summed E-state index contributed by atoms with van der Waals surface area (Å²) >= 11 is 0. The Morgan fingerprint density at radius 1 is 1.08 bits per heavy atom. The third kappa shape index (κ3) is 7.15. The van der Waals surface area contributed by atoms with Crippen LogP contribution in [0.1, 0.15) is 65.2 Å². The van der Waals surface area contributed by atoms with Crippen LogP contribution < -0.4 is 0 Å². The molecule has 1 N–H and O–H groups in total. The van der Waals surface area contributed by atoms with E-state index in [0.717, 1.165) is 25.7 Å². The molecular formula is C17H30O7. The fourth-order valence-corrected chi connectivity index (χ4v) is 2.34. The molecule has 0 saturated carbocycles. The Labute approximate surface area is 143 Å². The zero-order chi connectivity index (χ0) is 17.8. The van der Waals surface area contributed by atoms with Gasteiger partial charge in [0.1, 0.15) is 0 Å². The molecule has 1 unspecified atom stereocenters. The van der Waals surface area contributed by atoms with Crippen molar-refractivity contribution in [2.75, 3.05) is 19.8 Å². The number of ether oxygens (including phenoxy) is 4. The molecule has 24 heavy (non-hydrogen) atoms. The molecule has 1 heterocycles. The Morgan fingerprint density at radius 3 is 2.25 bits per heavy atom. The molecule has 0 aromatic carbocycles. The van der Waals surface area contributed by atoms with Gasteiger partial charge < -0.3 is 24.1 Å². The molecule has 1 saturated heterocycles. The van der Waals surface area contributed by atoms with Crippen molar-refractivity contribution in [3.05, 3.63) is 0 Å². The van der Waals surface area contributed by atoms with Gasteiger partial charge in [0.2, 0.25) is 5.79 Å². The van der Waals surface area contributed by atoms with Crippen LogP contribution in [-0.4, -0.2) is 48.9 Å². The van der Waals surface area contributed by atoms with Crippen molar-refractivity contribution in [1.82, 2.24) is 0 Å². The highest BCUT2D eigenvalue weighted by atomic mass is 16.8. The van der Waals surface area contributed by atoms with Crippen LogP contribution in [-0.2, 0) is 28.5 Å². The Kier molecular flexibility index (Phi) is 9.90. The van der Waals surface area contributed by atoms with Crippen LogP contribution in [0.2, 0.25) is 0 Å². The van der Waals surface area contributed by atoms with E-state index in [1.165, 1.54) is 0 Å². The zero-order valence-electron chi connectivity index (χ0n) is 14.8. The van der Waals surface area contributed by atoms with Crippen molar-refractivity contribution in [1.29, 1.82) is 0 Å². The number of hydrogen-bond donors (Lipinski definition) is 1. The second kappa shape index (κ2) is 11.4. The van der Waals surface area contributed by atoms with Gasteiger partial charge in [-0.25, -0.2) is 0 Å². The highest BCUT2D eigenvalue weighted by Crippen LogP contribution is 2.33. The summed E-state index contributed by atoms with van der Waals surface area (Å²) < 4.78 is 22.7. The second-order valence-electron chi connectivity index (χ2n) is 5.91. The third-order valence-electron chi connectivity index (χ3n) is 3.78. The summed E-state index contributed by atoms with van der Waals surface area (Å²) in [5.41, 5.74) is 0. The molecular weight excluding hydrogens is 316 g/mol. The van der Waals surface area contributed by atoms with E-state index < -0.39 is 24.0 Å². The van der Waals surface area contributed by atoms with Crippen LogP contribution in [0.5, 0.6) is 0 Å². The first-order valence-electron chi connectivity index (χ1n) is 8.85. The lowest BCUT2D eigenvalue weighted by Crippen LogP contribution is -2.46. The van der Waals surface area contributed by atoms with Gasteiger partial charge in [-0.05, 0) is 19.3 Å². The lowest BCUT2D eigenvalue weighted by atomic mass is 10.2. The van der Waals surface area contributed by atoms with Gasteiger partial charge in [-0.2, -0.15) is 0 Å². The van der Waals surface area contributed by atoms with Crippen LogP contribution in [0.3, 0.4) is 0 Å². The fraction of sp³-hybridized carbons (Fsp3) is 0.882. The third-order valence-corrected chi connectivity index (χ3v) is 3.78. The summed E-state index contributed by atoms with van der Waals surface area (Å²) in [5.74, 6) is -2.47. The summed E-state index contributed by atoms with van der Waals surface area (Å²) in [5, 5.41) is 8.62. The van der Waals surface area contributed by atoms with Crippen LogP contribution >= 0.6 is 0 Å². The number of carboxylic acids is 1. The van der Waals surface area contributed by atoms with Crippen LogP contribution in [0, 0.1) is 0 Å². The van der Waals surface area contributed by atoms with E-state index in [4.69, 9.17) is 24.1 Å². The highest BCUT2D eigenvalue weighted by Gasteiger charge is 2.49. The van der Waals surface area contributed by atoms with E-state index >= 15 is 0 Å². The lowest BCUT2D eigenvalue weighted by Gasteiger charge is -2.33. The van der Waals surface area contributed by atoms with Crippen molar-refractivity contribution in [2.24, 2.45) is 0 Å². The first-order valence-corrected chi connectivity index (χ1v) is 8.85. The summed E-state index contributed by atoms with van der Waals surface area (Å²) in [6.07, 6.45) is 3.57. The van der Waals surface area contributed by atoms with Crippen molar-refractivity contribution in [2.45, 2.75) is 77.3 Å². The molecule has 0 aromatic rings. The van der Waals surface area contributed by atoms with Gasteiger partial charge in [0, 0.05) is 19.3 Å². The summed E-state index contributed by atoms with van der Waals surface area (Å²) in [4.78, 5) is 22.4. The molecule has 1 atom stereocenters. The number of carbonyl (C=O) groups is 2. The molecule has 1 aliphatic rings. The minimum Gasteiger partial charge on any atom is -0.481 e. The molecule has 1 fully saturated rings. The number of rotatable bonds is 13. The summed E-state index contributed by atoms with van der Waals surface area (Å²) in [6.45, 7) is 5.56. The number of carboxylic acid groups (broad SMARTS) is 1. The predicted molar refractivity (Wildman–Crippen MR) is 86.4 cm³/mol. The average Bonchev–Trinajstić information content (AvgIpc) is 2.90. The van der Waals surface area contributed by atoms with Gasteiger partial charge in [0.25, 0.3) is 6.29 Å². The summed E-state index contributed by atoms with van der Waals surface area (Å²) in [7, 11) is 0. The normalized spacial score (nSPS) is 19.3. The average molecular weight is 346 g/mol. The van der Waals surface area contributed by atoms with Crippen molar-refractivity contribution in [3.63, 3.8) is 0 Å². The van der Waals surface area contributed by atoms with E-state index in [2.05, 4.69) is 13.8 Å². The molecule has 0 aromatic heterocycles.